The number of ketones is 1. The lowest BCUT2D eigenvalue weighted by molar-refractivity contribution is -0.118. The molecule has 0 aromatic heterocycles. The summed E-state index contributed by atoms with van der Waals surface area (Å²) in [5, 5.41) is 2.49. The first kappa shape index (κ1) is 13.9. The quantitative estimate of drug-likeness (QED) is 0.881. The first-order valence-corrected chi connectivity index (χ1v) is 6.57. The van der Waals surface area contributed by atoms with Crippen LogP contribution in [0, 0.1) is 5.82 Å². The van der Waals surface area contributed by atoms with E-state index in [2.05, 4.69) is 5.32 Å². The second kappa shape index (κ2) is 5.40. The SMILES string of the molecule is O=C(CN1C(=O)C(=O)c2ccccc21)Nc1cccc(F)c1. The molecule has 2 aromatic rings. The summed E-state index contributed by atoms with van der Waals surface area (Å²) in [5.41, 5.74) is 0.981. The van der Waals surface area contributed by atoms with Gasteiger partial charge in [-0.05, 0) is 30.3 Å². The molecule has 3 rings (SSSR count). The van der Waals surface area contributed by atoms with Crippen LogP contribution in [0.5, 0.6) is 0 Å². The van der Waals surface area contributed by atoms with Gasteiger partial charge in [0.05, 0.1) is 11.3 Å². The van der Waals surface area contributed by atoms with Crippen molar-refractivity contribution in [1.82, 2.24) is 0 Å². The number of amides is 2. The van der Waals surface area contributed by atoms with E-state index in [0.29, 0.717) is 5.69 Å². The van der Waals surface area contributed by atoms with Crippen molar-refractivity contribution in [1.29, 1.82) is 0 Å². The Morgan fingerprint density at radius 1 is 1.09 bits per heavy atom. The summed E-state index contributed by atoms with van der Waals surface area (Å²) >= 11 is 0. The van der Waals surface area contributed by atoms with Crippen LogP contribution in [-0.2, 0) is 9.59 Å². The highest BCUT2D eigenvalue weighted by molar-refractivity contribution is 6.52. The van der Waals surface area contributed by atoms with Crippen LogP contribution in [0.1, 0.15) is 10.4 Å². The maximum Gasteiger partial charge on any atom is 0.299 e. The lowest BCUT2D eigenvalue weighted by Crippen LogP contribution is -2.37. The van der Waals surface area contributed by atoms with E-state index in [1.165, 1.54) is 24.3 Å². The average Bonchev–Trinajstić information content (AvgIpc) is 2.73. The second-order valence-electron chi connectivity index (χ2n) is 4.80. The molecule has 0 saturated heterocycles. The van der Waals surface area contributed by atoms with Crippen molar-refractivity contribution in [2.24, 2.45) is 0 Å². The van der Waals surface area contributed by atoms with Crippen LogP contribution in [0.4, 0.5) is 15.8 Å². The zero-order valence-corrected chi connectivity index (χ0v) is 11.4. The Hall–Kier alpha value is -3.02. The summed E-state index contributed by atoms with van der Waals surface area (Å²) < 4.78 is 13.1. The summed E-state index contributed by atoms with van der Waals surface area (Å²) in [7, 11) is 0. The van der Waals surface area contributed by atoms with Gasteiger partial charge in [-0.2, -0.15) is 0 Å². The minimum absolute atomic E-state index is 0.283. The van der Waals surface area contributed by atoms with Crippen molar-refractivity contribution >= 4 is 29.0 Å². The Morgan fingerprint density at radius 3 is 2.64 bits per heavy atom. The highest BCUT2D eigenvalue weighted by atomic mass is 19.1. The van der Waals surface area contributed by atoms with Gasteiger partial charge in [0.25, 0.3) is 11.7 Å². The van der Waals surface area contributed by atoms with Gasteiger partial charge in [0.2, 0.25) is 5.91 Å². The number of halogens is 1. The number of carbonyl (C=O) groups is 3. The standard InChI is InChI=1S/C16H11FN2O3/c17-10-4-3-5-11(8-10)18-14(20)9-19-13-7-2-1-6-12(13)15(21)16(19)22/h1-8H,9H2,(H,18,20). The van der Waals surface area contributed by atoms with Gasteiger partial charge in [-0.25, -0.2) is 4.39 Å². The Morgan fingerprint density at radius 2 is 1.86 bits per heavy atom. The van der Waals surface area contributed by atoms with Gasteiger partial charge < -0.3 is 5.32 Å². The molecule has 0 unspecified atom stereocenters. The van der Waals surface area contributed by atoms with Crippen molar-refractivity contribution in [2.45, 2.75) is 0 Å². The van der Waals surface area contributed by atoms with E-state index >= 15 is 0 Å². The van der Waals surface area contributed by atoms with Gasteiger partial charge in [-0.3, -0.25) is 19.3 Å². The minimum atomic E-state index is -0.740. The molecule has 22 heavy (non-hydrogen) atoms. The summed E-state index contributed by atoms with van der Waals surface area (Å²) in [6.45, 7) is -0.307. The molecule has 1 heterocycles. The maximum absolute atomic E-state index is 13.1. The number of nitrogens with one attached hydrogen (secondary N) is 1. The predicted octanol–water partition coefficient (Wildman–Crippen LogP) is 1.99. The van der Waals surface area contributed by atoms with Gasteiger partial charge in [-0.1, -0.05) is 18.2 Å². The number of rotatable bonds is 3. The fourth-order valence-electron chi connectivity index (χ4n) is 2.32. The van der Waals surface area contributed by atoms with Crippen LogP contribution in [-0.4, -0.2) is 24.1 Å². The molecular weight excluding hydrogens is 287 g/mol. The van der Waals surface area contributed by atoms with E-state index in [9.17, 15) is 18.8 Å². The van der Waals surface area contributed by atoms with Crippen LogP contribution in [0.3, 0.4) is 0 Å². The van der Waals surface area contributed by atoms with E-state index in [1.807, 2.05) is 0 Å². The van der Waals surface area contributed by atoms with Crippen molar-refractivity contribution in [3.05, 3.63) is 59.9 Å². The zero-order valence-electron chi connectivity index (χ0n) is 11.4. The van der Waals surface area contributed by atoms with E-state index in [0.717, 1.165) is 4.90 Å². The first-order valence-electron chi connectivity index (χ1n) is 6.57. The third-order valence-corrected chi connectivity index (χ3v) is 3.29. The monoisotopic (exact) mass is 298 g/mol. The molecule has 0 radical (unpaired) electrons. The molecule has 2 amide bonds. The Labute approximate surface area is 125 Å². The van der Waals surface area contributed by atoms with Crippen molar-refractivity contribution < 1.29 is 18.8 Å². The van der Waals surface area contributed by atoms with E-state index < -0.39 is 23.4 Å². The number of hydrogen-bond donors (Lipinski definition) is 1. The molecule has 0 saturated carbocycles. The molecule has 1 N–H and O–H groups in total. The third kappa shape index (κ3) is 2.46. The largest absolute Gasteiger partial charge is 0.324 e. The predicted molar refractivity (Wildman–Crippen MR) is 78.2 cm³/mol. The molecule has 5 nitrogen and oxygen atoms in total. The minimum Gasteiger partial charge on any atom is -0.324 e. The molecule has 6 heteroatoms. The fraction of sp³-hybridized carbons (Fsp3) is 0.0625. The van der Waals surface area contributed by atoms with E-state index in [4.69, 9.17) is 0 Å². The van der Waals surface area contributed by atoms with Crippen molar-refractivity contribution in [2.75, 3.05) is 16.8 Å². The van der Waals surface area contributed by atoms with Crippen LogP contribution in [0.25, 0.3) is 0 Å². The fourth-order valence-corrected chi connectivity index (χ4v) is 2.32. The molecular formula is C16H11FN2O3. The van der Waals surface area contributed by atoms with Gasteiger partial charge in [0.1, 0.15) is 12.4 Å². The third-order valence-electron chi connectivity index (χ3n) is 3.29. The van der Waals surface area contributed by atoms with Crippen LogP contribution >= 0.6 is 0 Å². The number of Topliss-reactive ketones (excluding diaryl/α,β-unsaturated/α-hetero) is 1. The van der Waals surface area contributed by atoms with Crippen LogP contribution in [0.15, 0.2) is 48.5 Å². The Bertz CT molecular complexity index is 788. The van der Waals surface area contributed by atoms with Gasteiger partial charge in [0, 0.05) is 5.69 Å². The molecule has 1 aliphatic heterocycles. The number of para-hydroxylation sites is 1. The van der Waals surface area contributed by atoms with Gasteiger partial charge in [-0.15, -0.1) is 0 Å². The lowest BCUT2D eigenvalue weighted by Gasteiger charge is -2.16. The van der Waals surface area contributed by atoms with Gasteiger partial charge >= 0.3 is 0 Å². The highest BCUT2D eigenvalue weighted by Crippen LogP contribution is 2.28. The molecule has 0 atom stereocenters. The number of hydrogen-bond acceptors (Lipinski definition) is 3. The number of benzene rings is 2. The normalized spacial score (nSPS) is 13.2. The molecule has 2 aromatic carbocycles. The average molecular weight is 298 g/mol. The smallest absolute Gasteiger partial charge is 0.299 e. The molecule has 110 valence electrons. The van der Waals surface area contributed by atoms with E-state index in [1.54, 1.807) is 24.3 Å². The van der Waals surface area contributed by atoms with Crippen molar-refractivity contribution in [3.8, 4) is 0 Å². The molecule has 0 spiro atoms. The molecule has 0 fully saturated rings. The zero-order chi connectivity index (χ0) is 15.7. The van der Waals surface area contributed by atoms with Gasteiger partial charge in [0.15, 0.2) is 0 Å². The second-order valence-corrected chi connectivity index (χ2v) is 4.80. The summed E-state index contributed by atoms with van der Waals surface area (Å²) in [6.07, 6.45) is 0. The summed E-state index contributed by atoms with van der Waals surface area (Å²) in [4.78, 5) is 36.9. The lowest BCUT2D eigenvalue weighted by atomic mass is 10.1. The van der Waals surface area contributed by atoms with Crippen molar-refractivity contribution in [3.63, 3.8) is 0 Å². The summed E-state index contributed by atoms with van der Waals surface area (Å²) in [5.74, 6) is -2.36. The Balaban J connectivity index is 1.77. The number of carbonyl (C=O) groups excluding carboxylic acids is 3. The number of anilines is 2. The number of fused-ring (bicyclic) bond motifs is 1. The number of nitrogens with zero attached hydrogens (tertiary/aromatic N) is 1. The summed E-state index contributed by atoms with van der Waals surface area (Å²) in [6, 6.07) is 11.9. The molecule has 0 aliphatic carbocycles. The molecule has 0 bridgehead atoms. The topological polar surface area (TPSA) is 66.5 Å². The van der Waals surface area contributed by atoms with E-state index in [-0.39, 0.29) is 17.8 Å². The van der Waals surface area contributed by atoms with Crippen LogP contribution in [0.2, 0.25) is 0 Å². The Kier molecular flexibility index (Phi) is 3.42. The molecule has 1 aliphatic rings. The van der Waals surface area contributed by atoms with Crippen LogP contribution < -0.4 is 10.2 Å². The maximum atomic E-state index is 13.1. The first-order chi connectivity index (χ1) is 10.6. The highest BCUT2D eigenvalue weighted by Gasteiger charge is 2.36.